The third-order valence-electron chi connectivity index (χ3n) is 1.92. The number of aromatic hydroxyl groups is 1. The van der Waals surface area contributed by atoms with Crippen LogP contribution in [0.2, 0.25) is 0 Å². The van der Waals surface area contributed by atoms with Crippen molar-refractivity contribution >= 4 is 17.0 Å². The molecule has 64 valence electrons. The van der Waals surface area contributed by atoms with E-state index in [2.05, 4.69) is 11.6 Å². The highest BCUT2D eigenvalue weighted by atomic mass is 16.3. The lowest BCUT2D eigenvalue weighted by molar-refractivity contribution is 0.476. The van der Waals surface area contributed by atoms with Gasteiger partial charge in [0.05, 0.1) is 5.52 Å². The molecule has 0 radical (unpaired) electrons. The van der Waals surface area contributed by atoms with Crippen molar-refractivity contribution in [3.8, 4) is 5.75 Å². The Labute approximate surface area is 76.2 Å². The van der Waals surface area contributed by atoms with Crippen LogP contribution in [0.4, 0.5) is 0 Å². The maximum absolute atomic E-state index is 9.24. The summed E-state index contributed by atoms with van der Waals surface area (Å²) >= 11 is 0. The molecule has 1 N–H and O–H groups in total. The molecular formula is C11H9NO. The van der Waals surface area contributed by atoms with Gasteiger partial charge in [-0.3, -0.25) is 4.98 Å². The van der Waals surface area contributed by atoms with Gasteiger partial charge in [0.15, 0.2) is 0 Å². The lowest BCUT2D eigenvalue weighted by Gasteiger charge is -1.98. The summed E-state index contributed by atoms with van der Waals surface area (Å²) in [6, 6.07) is 7.05. The molecule has 0 unspecified atom stereocenters. The van der Waals surface area contributed by atoms with Crippen LogP contribution in [0.5, 0.6) is 5.75 Å². The first-order chi connectivity index (χ1) is 6.29. The molecule has 1 aromatic carbocycles. The number of pyridine rings is 1. The minimum absolute atomic E-state index is 0.260. The molecule has 2 rings (SSSR count). The Morgan fingerprint density at radius 3 is 2.92 bits per heavy atom. The molecule has 0 aliphatic heterocycles. The topological polar surface area (TPSA) is 33.1 Å². The van der Waals surface area contributed by atoms with E-state index in [0.717, 1.165) is 16.5 Å². The van der Waals surface area contributed by atoms with Crippen molar-refractivity contribution in [2.45, 2.75) is 0 Å². The summed E-state index contributed by atoms with van der Waals surface area (Å²) in [4.78, 5) is 4.21. The molecule has 13 heavy (non-hydrogen) atoms. The zero-order valence-electron chi connectivity index (χ0n) is 7.07. The minimum atomic E-state index is 0.260. The fourth-order valence-corrected chi connectivity index (χ4v) is 1.25. The van der Waals surface area contributed by atoms with E-state index < -0.39 is 0 Å². The normalized spacial score (nSPS) is 10.2. The van der Waals surface area contributed by atoms with Gasteiger partial charge in [-0.05, 0) is 29.8 Å². The van der Waals surface area contributed by atoms with Gasteiger partial charge in [0.2, 0.25) is 0 Å². The average Bonchev–Trinajstić information content (AvgIpc) is 2.16. The van der Waals surface area contributed by atoms with E-state index >= 15 is 0 Å². The first-order valence-electron chi connectivity index (χ1n) is 4.01. The summed E-state index contributed by atoms with van der Waals surface area (Å²) in [5.74, 6) is 0.260. The standard InChI is InChI=1S/C11H9NO/c1-2-8-5-9-6-10(13)3-4-11(9)12-7-8/h2-7,13H,1H2. The predicted molar refractivity (Wildman–Crippen MR) is 53.5 cm³/mol. The van der Waals surface area contributed by atoms with Gasteiger partial charge in [0.25, 0.3) is 0 Å². The molecule has 1 heterocycles. The second kappa shape index (κ2) is 2.90. The molecule has 2 heteroatoms. The van der Waals surface area contributed by atoms with Crippen molar-refractivity contribution in [3.63, 3.8) is 0 Å². The van der Waals surface area contributed by atoms with E-state index in [1.807, 2.05) is 6.07 Å². The Balaban J connectivity index is 2.74. The van der Waals surface area contributed by atoms with Gasteiger partial charge in [0.1, 0.15) is 5.75 Å². The second-order valence-corrected chi connectivity index (χ2v) is 2.85. The molecule has 2 nitrogen and oxygen atoms in total. The Hall–Kier alpha value is -1.83. The molecule has 0 saturated heterocycles. The van der Waals surface area contributed by atoms with Gasteiger partial charge in [-0.15, -0.1) is 0 Å². The van der Waals surface area contributed by atoms with E-state index in [1.165, 1.54) is 0 Å². The molecule has 0 atom stereocenters. The van der Waals surface area contributed by atoms with E-state index in [-0.39, 0.29) is 5.75 Å². The van der Waals surface area contributed by atoms with Crippen molar-refractivity contribution in [1.82, 2.24) is 4.98 Å². The highest BCUT2D eigenvalue weighted by Crippen LogP contribution is 2.19. The summed E-state index contributed by atoms with van der Waals surface area (Å²) in [7, 11) is 0. The molecule has 0 aliphatic carbocycles. The fraction of sp³-hybridized carbons (Fsp3) is 0. The second-order valence-electron chi connectivity index (χ2n) is 2.85. The SMILES string of the molecule is C=Cc1cnc2ccc(O)cc2c1. The molecule has 0 saturated carbocycles. The summed E-state index contributed by atoms with van der Waals surface area (Å²) in [5, 5.41) is 10.2. The quantitative estimate of drug-likeness (QED) is 0.715. The molecule has 0 amide bonds. The van der Waals surface area contributed by atoms with Crippen LogP contribution in [0.1, 0.15) is 5.56 Å². The zero-order valence-corrected chi connectivity index (χ0v) is 7.07. The number of phenols is 1. The number of nitrogens with zero attached hydrogens (tertiary/aromatic N) is 1. The first-order valence-corrected chi connectivity index (χ1v) is 4.01. The minimum Gasteiger partial charge on any atom is -0.508 e. The zero-order chi connectivity index (χ0) is 9.26. The van der Waals surface area contributed by atoms with Crippen LogP contribution in [0.3, 0.4) is 0 Å². The molecule has 0 spiro atoms. The molecule has 0 aliphatic rings. The Bertz CT molecular complexity index is 463. The molecular weight excluding hydrogens is 162 g/mol. The summed E-state index contributed by atoms with van der Waals surface area (Å²) < 4.78 is 0. The van der Waals surface area contributed by atoms with Crippen molar-refractivity contribution in [2.75, 3.05) is 0 Å². The van der Waals surface area contributed by atoms with Crippen LogP contribution in [0, 0.1) is 0 Å². The van der Waals surface area contributed by atoms with E-state index in [0.29, 0.717) is 0 Å². The molecule has 2 aromatic rings. The van der Waals surface area contributed by atoms with Crippen LogP contribution in [-0.2, 0) is 0 Å². The molecule has 1 aromatic heterocycles. The van der Waals surface area contributed by atoms with E-state index in [1.54, 1.807) is 30.5 Å². The van der Waals surface area contributed by atoms with Gasteiger partial charge in [-0.1, -0.05) is 12.7 Å². The summed E-state index contributed by atoms with van der Waals surface area (Å²) in [6.45, 7) is 3.66. The fourth-order valence-electron chi connectivity index (χ4n) is 1.25. The number of aromatic nitrogens is 1. The van der Waals surface area contributed by atoms with Crippen molar-refractivity contribution in [3.05, 3.63) is 42.6 Å². The lowest BCUT2D eigenvalue weighted by Crippen LogP contribution is -1.80. The van der Waals surface area contributed by atoms with Crippen LogP contribution in [0.25, 0.3) is 17.0 Å². The molecule has 0 fully saturated rings. The first kappa shape index (κ1) is 7.80. The predicted octanol–water partition coefficient (Wildman–Crippen LogP) is 2.58. The Morgan fingerprint density at radius 2 is 2.15 bits per heavy atom. The lowest BCUT2D eigenvalue weighted by atomic mass is 10.1. The third kappa shape index (κ3) is 1.38. The van der Waals surface area contributed by atoms with Crippen molar-refractivity contribution in [1.29, 1.82) is 0 Å². The number of rotatable bonds is 1. The smallest absolute Gasteiger partial charge is 0.116 e. The Morgan fingerprint density at radius 1 is 1.31 bits per heavy atom. The van der Waals surface area contributed by atoms with Gasteiger partial charge >= 0.3 is 0 Å². The van der Waals surface area contributed by atoms with Crippen LogP contribution >= 0.6 is 0 Å². The number of benzene rings is 1. The van der Waals surface area contributed by atoms with Crippen LogP contribution in [-0.4, -0.2) is 10.1 Å². The number of fused-ring (bicyclic) bond motifs is 1. The van der Waals surface area contributed by atoms with Gasteiger partial charge in [-0.25, -0.2) is 0 Å². The average molecular weight is 171 g/mol. The highest BCUT2D eigenvalue weighted by molar-refractivity contribution is 5.81. The summed E-state index contributed by atoms with van der Waals surface area (Å²) in [5.41, 5.74) is 1.83. The Kier molecular flexibility index (Phi) is 1.74. The van der Waals surface area contributed by atoms with E-state index in [4.69, 9.17) is 0 Å². The van der Waals surface area contributed by atoms with Gasteiger partial charge < -0.3 is 5.11 Å². The van der Waals surface area contributed by atoms with Gasteiger partial charge in [0, 0.05) is 11.6 Å². The third-order valence-corrected chi connectivity index (χ3v) is 1.92. The monoisotopic (exact) mass is 171 g/mol. The number of phenolic OH excluding ortho intramolecular Hbond substituents is 1. The molecule has 0 bridgehead atoms. The van der Waals surface area contributed by atoms with Crippen molar-refractivity contribution < 1.29 is 5.11 Å². The highest BCUT2D eigenvalue weighted by Gasteiger charge is 1.96. The maximum Gasteiger partial charge on any atom is 0.116 e. The number of hydrogen-bond donors (Lipinski definition) is 1. The van der Waals surface area contributed by atoms with Crippen LogP contribution < -0.4 is 0 Å². The van der Waals surface area contributed by atoms with Gasteiger partial charge in [-0.2, -0.15) is 0 Å². The largest absolute Gasteiger partial charge is 0.508 e. The number of hydrogen-bond acceptors (Lipinski definition) is 2. The van der Waals surface area contributed by atoms with Crippen molar-refractivity contribution in [2.24, 2.45) is 0 Å². The maximum atomic E-state index is 9.24. The summed E-state index contributed by atoms with van der Waals surface area (Å²) in [6.07, 6.45) is 3.49. The van der Waals surface area contributed by atoms with Crippen LogP contribution in [0.15, 0.2) is 37.0 Å². The van der Waals surface area contributed by atoms with E-state index in [9.17, 15) is 5.11 Å².